The number of nitrogens with one attached hydrogen (secondary N) is 2. The quantitative estimate of drug-likeness (QED) is 0.613. The van der Waals surface area contributed by atoms with Gasteiger partial charge in [-0.3, -0.25) is 0 Å². The fourth-order valence-corrected chi connectivity index (χ4v) is 1.40. The standard InChI is InChI=1S/C11H12F2N2O2S/c12-7-3-4-9(8(13)6-7)15-11(18)14-5-1-2-10(16)17/h3-4,6H,1-2,5H2,(H,16,17)(H2,14,15,18)/p-1. The minimum Gasteiger partial charge on any atom is -0.550 e. The molecule has 98 valence electrons. The second-order valence-electron chi connectivity index (χ2n) is 3.48. The first-order valence-electron chi connectivity index (χ1n) is 5.19. The normalized spacial score (nSPS) is 9.89. The lowest BCUT2D eigenvalue weighted by molar-refractivity contribution is -0.305. The number of rotatable bonds is 5. The van der Waals surface area contributed by atoms with Crippen molar-refractivity contribution in [2.24, 2.45) is 0 Å². The predicted molar refractivity (Wildman–Crippen MR) is 64.8 cm³/mol. The van der Waals surface area contributed by atoms with E-state index in [9.17, 15) is 18.7 Å². The van der Waals surface area contributed by atoms with Gasteiger partial charge in [0.2, 0.25) is 0 Å². The van der Waals surface area contributed by atoms with Crippen molar-refractivity contribution < 1.29 is 18.7 Å². The van der Waals surface area contributed by atoms with Gasteiger partial charge < -0.3 is 20.5 Å². The van der Waals surface area contributed by atoms with Gasteiger partial charge in [-0.25, -0.2) is 8.78 Å². The molecule has 0 fully saturated rings. The van der Waals surface area contributed by atoms with Crippen molar-refractivity contribution >= 4 is 29.0 Å². The highest BCUT2D eigenvalue weighted by Crippen LogP contribution is 2.14. The Labute approximate surface area is 108 Å². The highest BCUT2D eigenvalue weighted by molar-refractivity contribution is 7.80. The van der Waals surface area contributed by atoms with Crippen molar-refractivity contribution in [3.8, 4) is 0 Å². The predicted octanol–water partition coefficient (Wildman–Crippen LogP) is 0.781. The Hall–Kier alpha value is -1.76. The maximum Gasteiger partial charge on any atom is 0.170 e. The van der Waals surface area contributed by atoms with Crippen LogP contribution in [-0.4, -0.2) is 17.6 Å². The topological polar surface area (TPSA) is 64.2 Å². The lowest BCUT2D eigenvalue weighted by atomic mass is 10.3. The van der Waals surface area contributed by atoms with E-state index in [1.165, 1.54) is 6.07 Å². The van der Waals surface area contributed by atoms with Gasteiger partial charge in [0.25, 0.3) is 0 Å². The highest BCUT2D eigenvalue weighted by atomic mass is 32.1. The number of hydrogen-bond acceptors (Lipinski definition) is 3. The lowest BCUT2D eigenvalue weighted by Crippen LogP contribution is -2.31. The third-order valence-electron chi connectivity index (χ3n) is 2.02. The fourth-order valence-electron chi connectivity index (χ4n) is 1.19. The molecule has 0 heterocycles. The fraction of sp³-hybridized carbons (Fsp3) is 0.273. The zero-order valence-electron chi connectivity index (χ0n) is 9.33. The van der Waals surface area contributed by atoms with E-state index in [0.29, 0.717) is 13.0 Å². The molecule has 18 heavy (non-hydrogen) atoms. The average molecular weight is 273 g/mol. The Bertz CT molecular complexity index is 455. The van der Waals surface area contributed by atoms with E-state index in [2.05, 4.69) is 10.6 Å². The molecule has 2 N–H and O–H groups in total. The zero-order valence-corrected chi connectivity index (χ0v) is 10.2. The number of anilines is 1. The summed E-state index contributed by atoms with van der Waals surface area (Å²) in [6.45, 7) is 0.322. The molecule has 0 unspecified atom stereocenters. The van der Waals surface area contributed by atoms with E-state index in [-0.39, 0.29) is 17.2 Å². The molecule has 0 aromatic heterocycles. The molecule has 1 aromatic rings. The van der Waals surface area contributed by atoms with Crippen molar-refractivity contribution in [2.45, 2.75) is 12.8 Å². The summed E-state index contributed by atoms with van der Waals surface area (Å²) in [7, 11) is 0. The largest absolute Gasteiger partial charge is 0.550 e. The molecule has 0 amide bonds. The summed E-state index contributed by atoms with van der Waals surface area (Å²) in [4.78, 5) is 10.1. The molecule has 1 rings (SSSR count). The van der Waals surface area contributed by atoms with Crippen molar-refractivity contribution in [1.29, 1.82) is 0 Å². The van der Waals surface area contributed by atoms with Gasteiger partial charge in [0.1, 0.15) is 11.6 Å². The van der Waals surface area contributed by atoms with Gasteiger partial charge in [0.15, 0.2) is 5.11 Å². The molecule has 0 saturated heterocycles. The van der Waals surface area contributed by atoms with Crippen molar-refractivity contribution in [3.63, 3.8) is 0 Å². The summed E-state index contributed by atoms with van der Waals surface area (Å²) in [6, 6.07) is 3.06. The van der Waals surface area contributed by atoms with Crippen LogP contribution >= 0.6 is 12.2 Å². The second-order valence-corrected chi connectivity index (χ2v) is 3.89. The van der Waals surface area contributed by atoms with E-state index < -0.39 is 17.6 Å². The molecule has 0 atom stereocenters. The summed E-state index contributed by atoms with van der Waals surface area (Å²) in [5.74, 6) is -2.57. The molecule has 1 aromatic carbocycles. The van der Waals surface area contributed by atoms with Gasteiger partial charge in [-0.15, -0.1) is 0 Å². The summed E-state index contributed by atoms with van der Waals surface area (Å²) in [5, 5.41) is 15.5. The van der Waals surface area contributed by atoms with E-state index in [1.807, 2.05) is 0 Å². The van der Waals surface area contributed by atoms with Crippen LogP contribution in [0.15, 0.2) is 18.2 Å². The van der Waals surface area contributed by atoms with Gasteiger partial charge in [0, 0.05) is 18.6 Å². The number of carboxylic acid groups (broad SMARTS) is 1. The molecule has 7 heteroatoms. The zero-order chi connectivity index (χ0) is 13.5. The summed E-state index contributed by atoms with van der Waals surface area (Å²) < 4.78 is 25.9. The van der Waals surface area contributed by atoms with Gasteiger partial charge in [0.05, 0.1) is 5.69 Å². The molecular weight excluding hydrogens is 262 g/mol. The highest BCUT2D eigenvalue weighted by Gasteiger charge is 2.04. The smallest absolute Gasteiger partial charge is 0.170 e. The van der Waals surface area contributed by atoms with Crippen LogP contribution in [0.1, 0.15) is 12.8 Å². The number of hydrogen-bond donors (Lipinski definition) is 2. The van der Waals surface area contributed by atoms with Crippen LogP contribution in [0.3, 0.4) is 0 Å². The van der Waals surface area contributed by atoms with Crippen LogP contribution in [0, 0.1) is 11.6 Å². The minimum atomic E-state index is -1.14. The number of thiocarbonyl (C=S) groups is 1. The van der Waals surface area contributed by atoms with Crippen LogP contribution in [0.2, 0.25) is 0 Å². The Morgan fingerprint density at radius 2 is 2.11 bits per heavy atom. The molecule has 0 aliphatic carbocycles. The third kappa shape index (κ3) is 5.05. The number of halogens is 2. The number of aliphatic carboxylic acids is 1. The van der Waals surface area contributed by atoms with E-state index in [4.69, 9.17) is 12.2 Å². The number of carbonyl (C=O) groups excluding carboxylic acids is 1. The molecule has 0 saturated carbocycles. The summed E-state index contributed by atoms with van der Waals surface area (Å²) in [5.41, 5.74) is 0.0498. The average Bonchev–Trinajstić information content (AvgIpc) is 2.28. The molecule has 0 radical (unpaired) electrons. The molecule has 4 nitrogen and oxygen atoms in total. The Balaban J connectivity index is 2.38. The first-order valence-corrected chi connectivity index (χ1v) is 5.59. The van der Waals surface area contributed by atoms with Crippen LogP contribution in [0.25, 0.3) is 0 Å². The van der Waals surface area contributed by atoms with Crippen LogP contribution in [0.5, 0.6) is 0 Å². The van der Waals surface area contributed by atoms with Crippen molar-refractivity contribution in [2.75, 3.05) is 11.9 Å². The Morgan fingerprint density at radius 1 is 1.39 bits per heavy atom. The first-order chi connectivity index (χ1) is 8.49. The molecule has 0 bridgehead atoms. The van der Waals surface area contributed by atoms with Crippen LogP contribution in [0.4, 0.5) is 14.5 Å². The summed E-state index contributed by atoms with van der Waals surface area (Å²) >= 11 is 4.86. The maximum absolute atomic E-state index is 13.2. The third-order valence-corrected chi connectivity index (χ3v) is 2.27. The second kappa shape index (κ2) is 6.85. The van der Waals surface area contributed by atoms with Gasteiger partial charge in [-0.1, -0.05) is 0 Å². The van der Waals surface area contributed by atoms with E-state index >= 15 is 0 Å². The Morgan fingerprint density at radius 3 is 2.72 bits per heavy atom. The van der Waals surface area contributed by atoms with Crippen molar-refractivity contribution in [3.05, 3.63) is 29.8 Å². The van der Waals surface area contributed by atoms with Crippen molar-refractivity contribution in [1.82, 2.24) is 5.32 Å². The molecule has 0 aliphatic rings. The summed E-state index contributed by atoms with van der Waals surface area (Å²) in [6.07, 6.45) is 0.260. The Kier molecular flexibility index (Phi) is 5.44. The van der Waals surface area contributed by atoms with Crippen LogP contribution in [-0.2, 0) is 4.79 Å². The van der Waals surface area contributed by atoms with E-state index in [0.717, 1.165) is 12.1 Å². The molecule has 0 aliphatic heterocycles. The first kappa shape index (κ1) is 14.3. The SMILES string of the molecule is O=C([O-])CCCNC(=S)Nc1ccc(F)cc1F. The molecule has 0 spiro atoms. The number of benzene rings is 1. The number of carbonyl (C=O) groups is 1. The lowest BCUT2D eigenvalue weighted by Gasteiger charge is -2.11. The van der Waals surface area contributed by atoms with Gasteiger partial charge >= 0.3 is 0 Å². The van der Waals surface area contributed by atoms with Gasteiger partial charge in [-0.2, -0.15) is 0 Å². The minimum absolute atomic E-state index is 0.0498. The monoisotopic (exact) mass is 273 g/mol. The molecular formula is C11H11F2N2O2S-. The van der Waals surface area contributed by atoms with Crippen LogP contribution < -0.4 is 15.7 Å². The van der Waals surface area contributed by atoms with E-state index in [1.54, 1.807) is 0 Å². The maximum atomic E-state index is 13.2. The van der Waals surface area contributed by atoms with Gasteiger partial charge in [-0.05, 0) is 37.2 Å². The number of carboxylic acids is 1.